The summed E-state index contributed by atoms with van der Waals surface area (Å²) >= 11 is 6.04. The molecule has 3 aromatic carbocycles. The van der Waals surface area contributed by atoms with Crippen molar-refractivity contribution in [3.63, 3.8) is 0 Å². The highest BCUT2D eigenvalue weighted by molar-refractivity contribution is 6.30. The molecule has 33 heavy (non-hydrogen) atoms. The summed E-state index contributed by atoms with van der Waals surface area (Å²) in [5.74, 6) is -0.364. The molecule has 1 amide bonds. The van der Waals surface area contributed by atoms with Crippen LogP contribution in [0.5, 0.6) is 0 Å². The Balaban J connectivity index is 1.47. The summed E-state index contributed by atoms with van der Waals surface area (Å²) in [6.07, 6.45) is 3.15. The van der Waals surface area contributed by atoms with Crippen molar-refractivity contribution in [1.29, 1.82) is 0 Å². The standard InChI is InChI=1S/C25H18ClN5O2/c26-19-12-10-17(11-13-19)24-18(15-30(29-24)20-6-2-1-3-7-20)14-23(32)28-31-16-27-22-9-5-4-8-21(22)25(31)33/h1-13,15-16H,14H2,(H,28,32). The summed E-state index contributed by atoms with van der Waals surface area (Å²) in [4.78, 5) is 29.8. The number of hydrogen-bond donors (Lipinski definition) is 1. The van der Waals surface area contributed by atoms with Gasteiger partial charge in [0.25, 0.3) is 5.56 Å². The van der Waals surface area contributed by atoms with E-state index in [1.54, 1.807) is 41.1 Å². The molecule has 2 aromatic heterocycles. The van der Waals surface area contributed by atoms with Crippen LogP contribution in [0, 0.1) is 0 Å². The second-order valence-corrected chi connectivity index (χ2v) is 7.88. The molecule has 0 aliphatic heterocycles. The molecule has 0 aliphatic carbocycles. The molecule has 0 saturated heterocycles. The van der Waals surface area contributed by atoms with Gasteiger partial charge >= 0.3 is 0 Å². The average Bonchev–Trinajstić information content (AvgIpc) is 3.26. The second kappa shape index (κ2) is 8.72. The van der Waals surface area contributed by atoms with Gasteiger partial charge in [-0.25, -0.2) is 14.3 Å². The smallest absolute Gasteiger partial charge is 0.273 e. The summed E-state index contributed by atoms with van der Waals surface area (Å²) < 4.78 is 2.84. The van der Waals surface area contributed by atoms with E-state index in [1.807, 2.05) is 48.7 Å². The minimum Gasteiger partial charge on any atom is -0.273 e. The van der Waals surface area contributed by atoms with Crippen molar-refractivity contribution in [2.45, 2.75) is 6.42 Å². The molecule has 5 rings (SSSR count). The Morgan fingerprint density at radius 2 is 1.67 bits per heavy atom. The van der Waals surface area contributed by atoms with Gasteiger partial charge in [0.15, 0.2) is 0 Å². The molecule has 8 heteroatoms. The summed E-state index contributed by atoms with van der Waals surface area (Å²) in [5, 5.41) is 5.76. The molecule has 5 aromatic rings. The number of aromatic nitrogens is 4. The fraction of sp³-hybridized carbons (Fsp3) is 0.0400. The fourth-order valence-electron chi connectivity index (χ4n) is 3.60. The van der Waals surface area contributed by atoms with Crippen LogP contribution in [-0.2, 0) is 11.2 Å². The molecule has 0 unspecified atom stereocenters. The minimum absolute atomic E-state index is 0.0179. The lowest BCUT2D eigenvalue weighted by Crippen LogP contribution is -2.34. The maximum Gasteiger partial charge on any atom is 0.280 e. The quantitative estimate of drug-likeness (QED) is 0.430. The Morgan fingerprint density at radius 1 is 0.939 bits per heavy atom. The molecule has 0 atom stereocenters. The number of amides is 1. The Hall–Kier alpha value is -4.23. The highest BCUT2D eigenvalue weighted by Crippen LogP contribution is 2.25. The first-order valence-corrected chi connectivity index (χ1v) is 10.6. The Morgan fingerprint density at radius 3 is 2.45 bits per heavy atom. The number of benzene rings is 3. The second-order valence-electron chi connectivity index (χ2n) is 7.44. The number of para-hydroxylation sites is 2. The van der Waals surface area contributed by atoms with E-state index in [2.05, 4.69) is 10.4 Å². The predicted octanol–water partition coefficient (Wildman–Crippen LogP) is 4.22. The lowest BCUT2D eigenvalue weighted by atomic mass is 10.1. The maximum absolute atomic E-state index is 12.9. The first-order chi connectivity index (χ1) is 16.1. The van der Waals surface area contributed by atoms with Crippen LogP contribution in [0.15, 0.2) is 96.2 Å². The molecule has 0 radical (unpaired) electrons. The van der Waals surface area contributed by atoms with E-state index in [-0.39, 0.29) is 17.9 Å². The third-order valence-electron chi connectivity index (χ3n) is 5.19. The normalized spacial score (nSPS) is 10.9. The maximum atomic E-state index is 12.9. The zero-order valence-corrected chi connectivity index (χ0v) is 18.1. The van der Waals surface area contributed by atoms with Crippen molar-refractivity contribution in [3.05, 3.63) is 112 Å². The summed E-state index contributed by atoms with van der Waals surface area (Å²) in [7, 11) is 0. The van der Waals surface area contributed by atoms with Crippen LogP contribution in [-0.4, -0.2) is 25.3 Å². The lowest BCUT2D eigenvalue weighted by molar-refractivity contribution is -0.116. The molecule has 0 saturated carbocycles. The predicted molar refractivity (Wildman–Crippen MR) is 128 cm³/mol. The van der Waals surface area contributed by atoms with Crippen molar-refractivity contribution in [2.24, 2.45) is 0 Å². The molecule has 2 heterocycles. The number of halogens is 1. The molecule has 7 nitrogen and oxygen atoms in total. The van der Waals surface area contributed by atoms with Crippen LogP contribution in [0.2, 0.25) is 5.02 Å². The van der Waals surface area contributed by atoms with Crippen molar-refractivity contribution in [1.82, 2.24) is 19.4 Å². The Bertz CT molecular complexity index is 1510. The van der Waals surface area contributed by atoms with Gasteiger partial charge in [0, 0.05) is 22.3 Å². The number of carbonyl (C=O) groups is 1. The van der Waals surface area contributed by atoms with E-state index in [0.29, 0.717) is 27.2 Å². The first kappa shape index (κ1) is 20.7. The van der Waals surface area contributed by atoms with Gasteiger partial charge in [0.1, 0.15) is 6.33 Å². The lowest BCUT2D eigenvalue weighted by Gasteiger charge is -2.08. The van der Waals surface area contributed by atoms with Crippen molar-refractivity contribution < 1.29 is 4.79 Å². The Kier molecular flexibility index (Phi) is 5.46. The third kappa shape index (κ3) is 4.26. The largest absolute Gasteiger partial charge is 0.280 e. The molecule has 0 aliphatic rings. The van der Waals surface area contributed by atoms with Gasteiger partial charge in [-0.05, 0) is 36.4 Å². The van der Waals surface area contributed by atoms with Gasteiger partial charge in [-0.1, -0.05) is 54.1 Å². The zero-order chi connectivity index (χ0) is 22.8. The molecule has 0 bridgehead atoms. The molecule has 162 valence electrons. The van der Waals surface area contributed by atoms with E-state index in [4.69, 9.17) is 16.7 Å². The number of hydrogen-bond acceptors (Lipinski definition) is 4. The van der Waals surface area contributed by atoms with Crippen molar-refractivity contribution >= 4 is 28.4 Å². The highest BCUT2D eigenvalue weighted by Gasteiger charge is 2.16. The molecule has 1 N–H and O–H groups in total. The number of rotatable bonds is 5. The van der Waals surface area contributed by atoms with Gasteiger partial charge in [-0.2, -0.15) is 5.10 Å². The Labute approximate surface area is 193 Å². The highest BCUT2D eigenvalue weighted by atomic mass is 35.5. The fourth-order valence-corrected chi connectivity index (χ4v) is 3.72. The van der Waals surface area contributed by atoms with E-state index in [9.17, 15) is 9.59 Å². The van der Waals surface area contributed by atoms with Gasteiger partial charge in [0.05, 0.1) is 28.7 Å². The van der Waals surface area contributed by atoms with Gasteiger partial charge in [-0.3, -0.25) is 15.0 Å². The van der Waals surface area contributed by atoms with Crippen molar-refractivity contribution in [3.8, 4) is 16.9 Å². The number of fused-ring (bicyclic) bond motifs is 1. The summed E-state index contributed by atoms with van der Waals surface area (Å²) in [6, 6.07) is 23.9. The SMILES string of the molecule is O=C(Cc1cn(-c2ccccc2)nc1-c1ccc(Cl)cc1)Nn1cnc2ccccc2c1=O. The number of nitrogens with one attached hydrogen (secondary N) is 1. The summed E-state index contributed by atoms with van der Waals surface area (Å²) in [5.41, 5.74) is 5.94. The van der Waals surface area contributed by atoms with Gasteiger partial charge < -0.3 is 0 Å². The van der Waals surface area contributed by atoms with Crippen LogP contribution >= 0.6 is 11.6 Å². The minimum atomic E-state index is -0.364. The van der Waals surface area contributed by atoms with Crippen LogP contribution < -0.4 is 11.0 Å². The van der Waals surface area contributed by atoms with Crippen molar-refractivity contribution in [2.75, 3.05) is 5.43 Å². The molecule has 0 spiro atoms. The molecular formula is C25H18ClN5O2. The topological polar surface area (TPSA) is 81.8 Å². The molecular weight excluding hydrogens is 438 g/mol. The van der Waals surface area contributed by atoms with E-state index in [1.165, 1.54) is 6.33 Å². The van der Waals surface area contributed by atoms with E-state index < -0.39 is 0 Å². The van der Waals surface area contributed by atoms with Gasteiger partial charge in [-0.15, -0.1) is 0 Å². The average molecular weight is 456 g/mol. The zero-order valence-electron chi connectivity index (χ0n) is 17.4. The van der Waals surface area contributed by atoms with Crippen LogP contribution in [0.1, 0.15) is 5.56 Å². The van der Waals surface area contributed by atoms with E-state index in [0.717, 1.165) is 15.9 Å². The van der Waals surface area contributed by atoms with Gasteiger partial charge in [0.2, 0.25) is 5.91 Å². The first-order valence-electron chi connectivity index (χ1n) is 10.2. The number of nitrogens with zero attached hydrogens (tertiary/aromatic N) is 4. The van der Waals surface area contributed by atoms with Crippen LogP contribution in [0.25, 0.3) is 27.8 Å². The van der Waals surface area contributed by atoms with Crippen LogP contribution in [0.4, 0.5) is 0 Å². The van der Waals surface area contributed by atoms with E-state index >= 15 is 0 Å². The third-order valence-corrected chi connectivity index (χ3v) is 5.44. The molecule has 0 fully saturated rings. The van der Waals surface area contributed by atoms with Crippen LogP contribution in [0.3, 0.4) is 0 Å². The number of carbonyl (C=O) groups excluding carboxylic acids is 1. The summed E-state index contributed by atoms with van der Waals surface area (Å²) in [6.45, 7) is 0. The monoisotopic (exact) mass is 455 g/mol.